The van der Waals surface area contributed by atoms with Crippen LogP contribution in [0.5, 0.6) is 5.75 Å². The molecule has 2 aromatic rings. The van der Waals surface area contributed by atoms with E-state index in [0.717, 1.165) is 6.07 Å². The number of sulfonamides is 1. The molecule has 11 heteroatoms. The minimum Gasteiger partial charge on any atom is -0.478 e. The van der Waals surface area contributed by atoms with E-state index in [0.29, 0.717) is 16.2 Å². The minimum absolute atomic E-state index is 0. The molecule has 0 amide bonds. The predicted molar refractivity (Wildman–Crippen MR) is 99.3 cm³/mol. The average molecular weight is 437 g/mol. The number of alkyl halides is 3. The van der Waals surface area contributed by atoms with Crippen molar-refractivity contribution in [2.45, 2.75) is 23.1 Å². The van der Waals surface area contributed by atoms with Crippen molar-refractivity contribution in [1.82, 2.24) is 4.72 Å². The molecule has 0 radical (unpaired) electrons. The monoisotopic (exact) mass is 437 g/mol. The van der Waals surface area contributed by atoms with E-state index in [2.05, 4.69) is 9.46 Å². The summed E-state index contributed by atoms with van der Waals surface area (Å²) >= 11 is 1.24. The third kappa shape index (κ3) is 6.43. The van der Waals surface area contributed by atoms with Crippen LogP contribution in [0.4, 0.5) is 13.2 Å². The standard InChI is InChI=1S/C17H16F3NO5S2.H2/c1-11-2-7-14(10-15(11)16(22)23)28(24,25)21-8-9-27-13-5-3-12(4-6-13)26-17(18,19)20;/h2-7,10,21H,8-9H2,1H3,(H,22,23);1H. The van der Waals surface area contributed by atoms with E-state index in [1.807, 2.05) is 0 Å². The van der Waals surface area contributed by atoms with Gasteiger partial charge in [-0.25, -0.2) is 17.9 Å². The SMILES string of the molecule is Cc1ccc(S(=O)(=O)NCCSc2ccc(OC(F)(F)F)cc2)cc1C(=O)O.[HH]. The highest BCUT2D eigenvalue weighted by molar-refractivity contribution is 7.99. The van der Waals surface area contributed by atoms with Gasteiger partial charge < -0.3 is 9.84 Å². The molecule has 0 unspecified atom stereocenters. The van der Waals surface area contributed by atoms with Gasteiger partial charge in [0.05, 0.1) is 10.5 Å². The molecule has 2 rings (SSSR count). The van der Waals surface area contributed by atoms with Crippen molar-refractivity contribution in [1.29, 1.82) is 0 Å². The lowest BCUT2D eigenvalue weighted by molar-refractivity contribution is -0.274. The maximum Gasteiger partial charge on any atom is 0.573 e. The quantitative estimate of drug-likeness (QED) is 0.481. The first-order valence-corrected chi connectivity index (χ1v) is 10.3. The van der Waals surface area contributed by atoms with Gasteiger partial charge in [0.1, 0.15) is 5.75 Å². The summed E-state index contributed by atoms with van der Waals surface area (Å²) in [4.78, 5) is 11.6. The van der Waals surface area contributed by atoms with Gasteiger partial charge >= 0.3 is 12.3 Å². The molecule has 0 saturated heterocycles. The van der Waals surface area contributed by atoms with Crippen molar-refractivity contribution in [2.75, 3.05) is 12.3 Å². The Bertz CT molecular complexity index is 951. The summed E-state index contributed by atoms with van der Waals surface area (Å²) in [5.74, 6) is -1.25. The normalized spacial score (nSPS) is 12.0. The van der Waals surface area contributed by atoms with Crippen LogP contribution in [0, 0.1) is 6.92 Å². The number of hydrogen-bond donors (Lipinski definition) is 2. The van der Waals surface area contributed by atoms with E-state index in [1.54, 1.807) is 6.92 Å². The smallest absolute Gasteiger partial charge is 0.478 e. The Morgan fingerprint density at radius 2 is 1.86 bits per heavy atom. The van der Waals surface area contributed by atoms with E-state index in [4.69, 9.17) is 5.11 Å². The average Bonchev–Trinajstić information content (AvgIpc) is 2.58. The van der Waals surface area contributed by atoms with Crippen LogP contribution in [0.3, 0.4) is 0 Å². The van der Waals surface area contributed by atoms with Crippen LogP contribution in [0.25, 0.3) is 0 Å². The minimum atomic E-state index is -4.76. The zero-order valence-electron chi connectivity index (χ0n) is 14.5. The van der Waals surface area contributed by atoms with Gasteiger partial charge in [-0.3, -0.25) is 0 Å². The summed E-state index contributed by atoms with van der Waals surface area (Å²) in [6.45, 7) is 1.61. The summed E-state index contributed by atoms with van der Waals surface area (Å²) in [6, 6.07) is 9.01. The molecule has 0 aliphatic carbocycles. The van der Waals surface area contributed by atoms with Gasteiger partial charge in [0.25, 0.3) is 0 Å². The molecule has 6 nitrogen and oxygen atoms in total. The summed E-state index contributed by atoms with van der Waals surface area (Å²) in [6.07, 6.45) is -4.76. The number of carbonyl (C=O) groups is 1. The molecule has 0 spiro atoms. The number of hydrogen-bond acceptors (Lipinski definition) is 5. The lowest BCUT2D eigenvalue weighted by Gasteiger charge is -2.10. The Balaban J connectivity index is 0.00000420. The molecular weight excluding hydrogens is 419 g/mol. The molecule has 0 aliphatic rings. The lowest BCUT2D eigenvalue weighted by Crippen LogP contribution is -2.26. The van der Waals surface area contributed by atoms with Crippen molar-refractivity contribution in [3.8, 4) is 5.75 Å². The Labute approximate surface area is 165 Å². The van der Waals surface area contributed by atoms with E-state index in [1.165, 1.54) is 48.2 Å². The number of carboxylic acid groups (broad SMARTS) is 1. The summed E-state index contributed by atoms with van der Waals surface area (Å²) in [5, 5.41) is 9.09. The first-order chi connectivity index (χ1) is 13.0. The number of nitrogens with one attached hydrogen (secondary N) is 1. The second kappa shape index (κ2) is 8.84. The van der Waals surface area contributed by atoms with Gasteiger partial charge in [-0.2, -0.15) is 0 Å². The third-order valence-electron chi connectivity index (χ3n) is 3.47. The van der Waals surface area contributed by atoms with Crippen molar-refractivity contribution in [3.05, 3.63) is 53.6 Å². The largest absolute Gasteiger partial charge is 0.573 e. The van der Waals surface area contributed by atoms with E-state index in [9.17, 15) is 26.4 Å². The van der Waals surface area contributed by atoms with Crippen LogP contribution in [-0.4, -0.2) is 38.2 Å². The number of aromatic carboxylic acids is 1. The highest BCUT2D eigenvalue weighted by atomic mass is 32.2. The number of aryl methyl sites for hydroxylation is 1. The van der Waals surface area contributed by atoms with E-state index in [-0.39, 0.29) is 24.2 Å². The van der Waals surface area contributed by atoms with Crippen molar-refractivity contribution in [2.24, 2.45) is 0 Å². The van der Waals surface area contributed by atoms with E-state index < -0.39 is 22.4 Å². The molecule has 154 valence electrons. The predicted octanol–water partition coefficient (Wildman–Crippen LogP) is 3.91. The van der Waals surface area contributed by atoms with Crippen LogP contribution < -0.4 is 9.46 Å². The number of ether oxygens (including phenoxy) is 1. The highest BCUT2D eigenvalue weighted by Gasteiger charge is 2.30. The number of halogens is 3. The molecule has 0 saturated carbocycles. The van der Waals surface area contributed by atoms with Gasteiger partial charge in [0.2, 0.25) is 10.0 Å². The Hall–Kier alpha value is -2.24. The lowest BCUT2D eigenvalue weighted by atomic mass is 10.1. The summed E-state index contributed by atoms with van der Waals surface area (Å²) < 4.78 is 67.0. The molecule has 0 aliphatic heterocycles. The maximum absolute atomic E-state index is 12.3. The molecule has 0 heterocycles. The summed E-state index contributed by atoms with van der Waals surface area (Å²) in [7, 11) is -3.89. The Morgan fingerprint density at radius 3 is 2.43 bits per heavy atom. The van der Waals surface area contributed by atoms with Crippen LogP contribution in [0.15, 0.2) is 52.3 Å². The van der Waals surface area contributed by atoms with Crippen LogP contribution in [0.2, 0.25) is 0 Å². The fourth-order valence-electron chi connectivity index (χ4n) is 2.16. The summed E-state index contributed by atoms with van der Waals surface area (Å²) in [5.41, 5.74) is 0.346. The van der Waals surface area contributed by atoms with Crippen LogP contribution in [0.1, 0.15) is 17.3 Å². The first kappa shape index (κ1) is 22.1. The molecule has 0 aromatic heterocycles. The second-order valence-corrected chi connectivity index (χ2v) is 8.48. The molecule has 0 bridgehead atoms. The zero-order valence-corrected chi connectivity index (χ0v) is 16.1. The van der Waals surface area contributed by atoms with Crippen molar-refractivity contribution >= 4 is 27.8 Å². The topological polar surface area (TPSA) is 92.7 Å². The molecule has 2 aromatic carbocycles. The van der Waals surface area contributed by atoms with Gasteiger partial charge in [0, 0.05) is 18.6 Å². The number of rotatable bonds is 8. The van der Waals surface area contributed by atoms with Crippen molar-refractivity contribution in [3.63, 3.8) is 0 Å². The molecule has 28 heavy (non-hydrogen) atoms. The van der Waals surface area contributed by atoms with Gasteiger partial charge in [-0.15, -0.1) is 24.9 Å². The van der Waals surface area contributed by atoms with Crippen LogP contribution in [-0.2, 0) is 10.0 Å². The zero-order chi connectivity index (χ0) is 20.9. The highest BCUT2D eigenvalue weighted by Crippen LogP contribution is 2.26. The van der Waals surface area contributed by atoms with E-state index >= 15 is 0 Å². The van der Waals surface area contributed by atoms with Crippen molar-refractivity contribution < 1.29 is 37.7 Å². The Kier molecular flexibility index (Phi) is 6.96. The van der Waals surface area contributed by atoms with Gasteiger partial charge in [0.15, 0.2) is 0 Å². The molecule has 0 atom stereocenters. The third-order valence-corrected chi connectivity index (χ3v) is 5.94. The fourth-order valence-corrected chi connectivity index (χ4v) is 4.12. The number of benzene rings is 2. The van der Waals surface area contributed by atoms with Crippen LogP contribution >= 0.6 is 11.8 Å². The maximum atomic E-state index is 12.3. The number of thioether (sulfide) groups is 1. The van der Waals surface area contributed by atoms with Gasteiger partial charge in [-0.05, 0) is 48.9 Å². The Morgan fingerprint density at radius 1 is 1.21 bits per heavy atom. The molecule has 0 fully saturated rings. The number of carboxylic acids is 1. The fraction of sp³-hybridized carbons (Fsp3) is 0.235. The first-order valence-electron chi connectivity index (χ1n) is 7.80. The molecular formula is C17H18F3NO5S2. The second-order valence-electron chi connectivity index (χ2n) is 5.55. The molecule has 2 N–H and O–H groups in total. The van der Waals surface area contributed by atoms with Gasteiger partial charge in [-0.1, -0.05) is 6.07 Å².